The van der Waals surface area contributed by atoms with Crippen LogP contribution in [0.25, 0.3) is 0 Å². The summed E-state index contributed by atoms with van der Waals surface area (Å²) >= 11 is 0. The van der Waals surface area contributed by atoms with E-state index in [-0.39, 0.29) is 18.1 Å². The second kappa shape index (κ2) is 10.6. The van der Waals surface area contributed by atoms with E-state index in [0.717, 1.165) is 31.9 Å². The van der Waals surface area contributed by atoms with Crippen LogP contribution < -0.4 is 24.8 Å². The zero-order chi connectivity index (χ0) is 22.4. The Morgan fingerprint density at radius 2 is 1.61 bits per heavy atom. The number of amides is 1. The van der Waals surface area contributed by atoms with Crippen LogP contribution in [-0.4, -0.2) is 65.9 Å². The summed E-state index contributed by atoms with van der Waals surface area (Å²) in [5.41, 5.74) is 3.13. The molecule has 0 radical (unpaired) electrons. The van der Waals surface area contributed by atoms with Crippen LogP contribution in [0.4, 0.5) is 5.69 Å². The number of nitrogens with zero attached hydrogens (tertiary/aromatic N) is 1. The number of rotatable bonds is 8. The van der Waals surface area contributed by atoms with Gasteiger partial charge in [0, 0.05) is 30.9 Å². The molecule has 0 unspecified atom stereocenters. The normalized spacial score (nSPS) is 19.7. The van der Waals surface area contributed by atoms with Crippen molar-refractivity contribution in [1.29, 1.82) is 0 Å². The third-order valence-electron chi connectivity index (χ3n) is 6.01. The van der Waals surface area contributed by atoms with E-state index in [4.69, 9.17) is 4.74 Å². The van der Waals surface area contributed by atoms with E-state index in [0.29, 0.717) is 12.1 Å². The lowest BCUT2D eigenvalue weighted by molar-refractivity contribution is -1.02. The second-order valence-corrected chi connectivity index (χ2v) is 9.05. The Hall–Kier alpha value is -2.57. The van der Waals surface area contributed by atoms with E-state index >= 15 is 0 Å². The van der Waals surface area contributed by atoms with Crippen LogP contribution in [0.5, 0.6) is 5.75 Å². The SMILES string of the molecule is CC(C)Oc1ccc(C(=O)NC[C@H](c2ccc(N(C)C)cc2)[NH+]2CC[NH+](C)CC2)cc1. The van der Waals surface area contributed by atoms with E-state index in [1.54, 1.807) is 9.80 Å². The number of carbonyl (C=O) groups excluding carboxylic acids is 1. The quantitative estimate of drug-likeness (QED) is 0.574. The maximum atomic E-state index is 12.8. The van der Waals surface area contributed by atoms with Crippen molar-refractivity contribution in [3.05, 3.63) is 59.7 Å². The minimum Gasteiger partial charge on any atom is -0.491 e. The molecular weight excluding hydrogens is 388 g/mol. The van der Waals surface area contributed by atoms with Crippen molar-refractivity contribution in [2.45, 2.75) is 26.0 Å². The third-order valence-corrected chi connectivity index (χ3v) is 6.01. The molecule has 0 aliphatic carbocycles. The van der Waals surface area contributed by atoms with E-state index in [9.17, 15) is 4.79 Å². The maximum Gasteiger partial charge on any atom is 0.251 e. The van der Waals surface area contributed by atoms with Crippen LogP contribution in [0.3, 0.4) is 0 Å². The average Bonchev–Trinajstić information content (AvgIpc) is 2.75. The molecule has 2 aromatic carbocycles. The van der Waals surface area contributed by atoms with Gasteiger partial charge < -0.3 is 24.8 Å². The molecule has 1 saturated heterocycles. The highest BCUT2D eigenvalue weighted by molar-refractivity contribution is 5.94. The Morgan fingerprint density at radius 3 is 2.16 bits per heavy atom. The molecule has 6 heteroatoms. The molecule has 0 aromatic heterocycles. The first kappa shape index (κ1) is 23.1. The van der Waals surface area contributed by atoms with Gasteiger partial charge >= 0.3 is 0 Å². The van der Waals surface area contributed by atoms with Gasteiger partial charge in [-0.25, -0.2) is 0 Å². The van der Waals surface area contributed by atoms with Crippen molar-refractivity contribution < 1.29 is 19.3 Å². The molecule has 1 aliphatic heterocycles. The molecule has 1 fully saturated rings. The number of nitrogens with one attached hydrogen (secondary N) is 3. The number of benzene rings is 2. The predicted molar refractivity (Wildman–Crippen MR) is 125 cm³/mol. The number of hydrogen-bond acceptors (Lipinski definition) is 3. The highest BCUT2D eigenvalue weighted by Crippen LogP contribution is 2.17. The van der Waals surface area contributed by atoms with Gasteiger partial charge in [-0.05, 0) is 50.2 Å². The van der Waals surface area contributed by atoms with Gasteiger partial charge in [-0.1, -0.05) is 12.1 Å². The van der Waals surface area contributed by atoms with Crippen LogP contribution in [0, 0.1) is 0 Å². The molecule has 0 bridgehead atoms. The van der Waals surface area contributed by atoms with Crippen LogP contribution in [0.1, 0.15) is 35.8 Å². The Morgan fingerprint density at radius 1 is 1.00 bits per heavy atom. The smallest absolute Gasteiger partial charge is 0.251 e. The summed E-state index contributed by atoms with van der Waals surface area (Å²) in [4.78, 5) is 18.1. The van der Waals surface area contributed by atoms with E-state index in [1.807, 2.05) is 38.1 Å². The largest absolute Gasteiger partial charge is 0.491 e. The Bertz CT molecular complexity index is 826. The number of likely N-dealkylation sites (N-methyl/N-ethyl adjacent to an activating group) is 1. The zero-order valence-electron chi connectivity index (χ0n) is 19.6. The van der Waals surface area contributed by atoms with Gasteiger partial charge in [-0.2, -0.15) is 0 Å². The first-order valence-corrected chi connectivity index (χ1v) is 11.3. The van der Waals surface area contributed by atoms with Crippen LogP contribution >= 0.6 is 0 Å². The Kier molecular flexibility index (Phi) is 7.93. The highest BCUT2D eigenvalue weighted by Gasteiger charge is 2.29. The maximum absolute atomic E-state index is 12.8. The molecule has 2 aromatic rings. The first-order chi connectivity index (χ1) is 14.8. The fourth-order valence-electron chi connectivity index (χ4n) is 4.10. The average molecular weight is 427 g/mol. The van der Waals surface area contributed by atoms with Gasteiger partial charge in [0.1, 0.15) is 38.0 Å². The molecule has 31 heavy (non-hydrogen) atoms. The molecule has 168 valence electrons. The van der Waals surface area contributed by atoms with Crippen LogP contribution in [0.2, 0.25) is 0 Å². The fraction of sp³-hybridized carbons (Fsp3) is 0.480. The molecule has 1 aliphatic rings. The summed E-state index contributed by atoms with van der Waals surface area (Å²) in [6, 6.07) is 16.4. The predicted octanol–water partition coefficient (Wildman–Crippen LogP) is 0.424. The number of quaternary nitrogens is 2. The molecule has 1 amide bonds. The van der Waals surface area contributed by atoms with Crippen LogP contribution in [0.15, 0.2) is 48.5 Å². The van der Waals surface area contributed by atoms with Crippen molar-refractivity contribution >= 4 is 11.6 Å². The minimum atomic E-state index is -0.0369. The molecule has 0 saturated carbocycles. The number of carbonyl (C=O) groups is 1. The summed E-state index contributed by atoms with van der Waals surface area (Å²) in [7, 11) is 6.36. The van der Waals surface area contributed by atoms with Gasteiger partial charge in [-0.3, -0.25) is 4.79 Å². The van der Waals surface area contributed by atoms with Crippen molar-refractivity contribution in [3.63, 3.8) is 0 Å². The highest BCUT2D eigenvalue weighted by atomic mass is 16.5. The number of ether oxygens (including phenoxy) is 1. The van der Waals surface area contributed by atoms with Gasteiger partial charge in [0.2, 0.25) is 0 Å². The lowest BCUT2D eigenvalue weighted by Crippen LogP contribution is -3.27. The van der Waals surface area contributed by atoms with Gasteiger partial charge in [0.05, 0.1) is 19.7 Å². The Labute approximate surface area is 186 Å². The van der Waals surface area contributed by atoms with Crippen molar-refractivity contribution in [3.8, 4) is 5.75 Å². The third kappa shape index (κ3) is 6.45. The molecular formula is C25H38N4O2+2. The molecule has 6 nitrogen and oxygen atoms in total. The van der Waals surface area contributed by atoms with Crippen molar-refractivity contribution in [2.24, 2.45) is 0 Å². The molecule has 0 spiro atoms. The standard InChI is InChI=1S/C25H36N4O2/c1-19(2)31-23-12-8-21(9-13-23)25(30)26-18-24(29-16-14-28(5)15-17-29)20-6-10-22(11-7-20)27(3)4/h6-13,19,24H,14-18H2,1-5H3,(H,26,30)/p+2/t24-/m1/s1. The van der Waals surface area contributed by atoms with E-state index < -0.39 is 0 Å². The minimum absolute atomic E-state index is 0.0369. The van der Waals surface area contributed by atoms with Gasteiger partial charge in [-0.15, -0.1) is 0 Å². The van der Waals surface area contributed by atoms with Gasteiger partial charge in [0.15, 0.2) is 0 Å². The van der Waals surface area contributed by atoms with E-state index in [1.165, 1.54) is 11.3 Å². The topological polar surface area (TPSA) is 50.4 Å². The lowest BCUT2D eigenvalue weighted by Gasteiger charge is -2.33. The van der Waals surface area contributed by atoms with E-state index in [2.05, 4.69) is 55.6 Å². The first-order valence-electron chi connectivity index (χ1n) is 11.3. The van der Waals surface area contributed by atoms with Crippen molar-refractivity contribution in [1.82, 2.24) is 5.32 Å². The summed E-state index contributed by atoms with van der Waals surface area (Å²) in [5, 5.41) is 3.19. The number of hydrogen-bond donors (Lipinski definition) is 3. The molecule has 1 heterocycles. The fourth-order valence-corrected chi connectivity index (χ4v) is 4.10. The van der Waals surface area contributed by atoms with Crippen molar-refractivity contribution in [2.75, 3.05) is 58.8 Å². The van der Waals surface area contributed by atoms with Crippen LogP contribution in [-0.2, 0) is 0 Å². The Balaban J connectivity index is 1.70. The lowest BCUT2D eigenvalue weighted by atomic mass is 10.0. The summed E-state index contributed by atoms with van der Waals surface area (Å²) < 4.78 is 5.68. The monoisotopic (exact) mass is 426 g/mol. The second-order valence-electron chi connectivity index (χ2n) is 9.05. The zero-order valence-corrected chi connectivity index (χ0v) is 19.6. The summed E-state index contributed by atoms with van der Waals surface area (Å²) in [5.74, 6) is 0.750. The summed E-state index contributed by atoms with van der Waals surface area (Å²) in [6.07, 6.45) is 0.118. The summed E-state index contributed by atoms with van der Waals surface area (Å²) in [6.45, 7) is 9.16. The molecule has 3 N–H and O–H groups in total. The molecule has 3 rings (SSSR count). The van der Waals surface area contributed by atoms with Gasteiger partial charge in [0.25, 0.3) is 5.91 Å². The molecule has 1 atom stereocenters. The number of anilines is 1. The number of piperazine rings is 1.